The number of carbonyl (C=O) groups excluding carboxylic acids is 1. The van der Waals surface area contributed by atoms with E-state index in [0.717, 1.165) is 16.6 Å². The van der Waals surface area contributed by atoms with E-state index in [-0.39, 0.29) is 23.5 Å². The van der Waals surface area contributed by atoms with Gasteiger partial charge in [0.05, 0.1) is 23.3 Å². The van der Waals surface area contributed by atoms with Crippen molar-refractivity contribution in [3.05, 3.63) is 59.5 Å². The van der Waals surface area contributed by atoms with Gasteiger partial charge in [0, 0.05) is 24.7 Å². The van der Waals surface area contributed by atoms with Gasteiger partial charge in [-0.15, -0.1) is 0 Å². The van der Waals surface area contributed by atoms with Crippen LogP contribution in [0.15, 0.2) is 47.1 Å². The van der Waals surface area contributed by atoms with Gasteiger partial charge in [-0.2, -0.15) is 0 Å². The number of nitrogens with one attached hydrogen (secondary N) is 1. The third-order valence-electron chi connectivity index (χ3n) is 4.91. The molecule has 0 spiro atoms. The number of sulfone groups is 1. The Morgan fingerprint density at radius 2 is 2.12 bits per heavy atom. The Labute approximate surface area is 151 Å². The summed E-state index contributed by atoms with van der Waals surface area (Å²) >= 11 is 0. The number of hydrogen-bond donors (Lipinski definition) is 1. The molecular weight excluding hydrogens is 352 g/mol. The van der Waals surface area contributed by atoms with E-state index in [1.165, 1.54) is 0 Å². The predicted molar refractivity (Wildman–Crippen MR) is 99.0 cm³/mol. The molecule has 4 rings (SSSR count). The number of fused-ring (bicyclic) bond motifs is 1. The fourth-order valence-electron chi connectivity index (χ4n) is 3.46. The minimum absolute atomic E-state index is 0.00730. The van der Waals surface area contributed by atoms with E-state index in [9.17, 15) is 13.2 Å². The second-order valence-corrected chi connectivity index (χ2v) is 9.01. The summed E-state index contributed by atoms with van der Waals surface area (Å²) in [5.74, 6) is -0.134. The van der Waals surface area contributed by atoms with Crippen LogP contribution in [-0.4, -0.2) is 36.4 Å². The number of benzene rings is 1. The van der Waals surface area contributed by atoms with Crippen molar-refractivity contribution in [2.45, 2.75) is 25.9 Å². The van der Waals surface area contributed by atoms with Crippen molar-refractivity contribution in [1.29, 1.82) is 0 Å². The van der Waals surface area contributed by atoms with Crippen LogP contribution in [0.3, 0.4) is 0 Å². The summed E-state index contributed by atoms with van der Waals surface area (Å²) in [7, 11) is -3.04. The second-order valence-electron chi connectivity index (χ2n) is 6.79. The number of nitrogens with zero attached hydrogens (tertiary/aromatic N) is 1. The van der Waals surface area contributed by atoms with Gasteiger partial charge in [-0.05, 0) is 24.5 Å². The average Bonchev–Trinajstić information content (AvgIpc) is 3.25. The van der Waals surface area contributed by atoms with Gasteiger partial charge in [-0.1, -0.05) is 24.3 Å². The van der Waals surface area contributed by atoms with E-state index < -0.39 is 9.84 Å². The van der Waals surface area contributed by atoms with Gasteiger partial charge < -0.3 is 14.3 Å². The predicted octanol–water partition coefficient (Wildman–Crippen LogP) is 2.51. The van der Waals surface area contributed by atoms with Crippen molar-refractivity contribution in [1.82, 2.24) is 9.88 Å². The first-order valence-corrected chi connectivity index (χ1v) is 10.4. The zero-order valence-corrected chi connectivity index (χ0v) is 15.3. The highest BCUT2D eigenvalue weighted by Gasteiger charge is 2.30. The van der Waals surface area contributed by atoms with E-state index in [1.807, 2.05) is 41.8 Å². The van der Waals surface area contributed by atoms with Gasteiger partial charge in [0.25, 0.3) is 5.91 Å². The molecule has 0 saturated carbocycles. The first kappa shape index (κ1) is 16.9. The van der Waals surface area contributed by atoms with Crippen LogP contribution in [-0.2, 0) is 16.4 Å². The molecule has 26 heavy (non-hydrogen) atoms. The van der Waals surface area contributed by atoms with Crippen LogP contribution in [0, 0.1) is 6.92 Å². The number of carbonyl (C=O) groups is 1. The third-order valence-corrected chi connectivity index (χ3v) is 6.68. The molecule has 1 N–H and O–H groups in total. The molecule has 1 unspecified atom stereocenters. The molecule has 136 valence electrons. The quantitative estimate of drug-likeness (QED) is 0.763. The molecule has 3 aromatic rings. The highest BCUT2D eigenvalue weighted by atomic mass is 32.2. The fraction of sp³-hybridized carbons (Fsp3) is 0.316. The van der Waals surface area contributed by atoms with Crippen molar-refractivity contribution in [2.24, 2.45) is 0 Å². The first-order valence-electron chi connectivity index (χ1n) is 8.55. The van der Waals surface area contributed by atoms with Crippen molar-refractivity contribution < 1.29 is 17.6 Å². The molecular formula is C19H20N2O4S. The van der Waals surface area contributed by atoms with E-state index in [1.54, 1.807) is 12.3 Å². The molecule has 7 heteroatoms. The fourth-order valence-corrected chi connectivity index (χ4v) is 5.13. The molecule has 6 nitrogen and oxygen atoms in total. The lowest BCUT2D eigenvalue weighted by Crippen LogP contribution is -2.36. The van der Waals surface area contributed by atoms with Crippen LogP contribution in [0.25, 0.3) is 11.1 Å². The maximum Gasteiger partial charge on any atom is 0.268 e. The van der Waals surface area contributed by atoms with Crippen LogP contribution >= 0.6 is 0 Å². The Morgan fingerprint density at radius 1 is 1.31 bits per heavy atom. The van der Waals surface area contributed by atoms with Gasteiger partial charge in [-0.3, -0.25) is 4.79 Å². The second kappa shape index (κ2) is 6.32. The lowest BCUT2D eigenvalue weighted by atomic mass is 10.1. The van der Waals surface area contributed by atoms with Crippen LogP contribution in [0.2, 0.25) is 0 Å². The van der Waals surface area contributed by atoms with Crippen LogP contribution in [0.4, 0.5) is 0 Å². The normalized spacial score (nSPS) is 19.0. The van der Waals surface area contributed by atoms with Crippen LogP contribution in [0.1, 0.15) is 28.0 Å². The number of rotatable bonds is 4. The smallest absolute Gasteiger partial charge is 0.268 e. The maximum absolute atomic E-state index is 12.8. The highest BCUT2D eigenvalue weighted by Crippen LogP contribution is 2.24. The van der Waals surface area contributed by atoms with E-state index in [2.05, 4.69) is 5.32 Å². The topological polar surface area (TPSA) is 81.3 Å². The summed E-state index contributed by atoms with van der Waals surface area (Å²) in [5, 5.41) is 2.86. The third kappa shape index (κ3) is 3.14. The summed E-state index contributed by atoms with van der Waals surface area (Å²) in [6.45, 7) is 2.58. The molecule has 1 atom stereocenters. The van der Waals surface area contributed by atoms with Crippen LogP contribution in [0.5, 0.6) is 0 Å². The molecule has 1 fully saturated rings. The zero-order chi connectivity index (χ0) is 18.3. The van der Waals surface area contributed by atoms with Gasteiger partial charge in [0.15, 0.2) is 15.4 Å². The molecule has 1 aliphatic rings. The number of aromatic nitrogens is 1. The molecule has 3 heterocycles. The largest absolute Gasteiger partial charge is 0.463 e. The SMILES string of the molecule is Cc1ccccc1Cn1c(C(=O)NC2CCS(=O)(=O)C2)cc2occc21. The summed E-state index contributed by atoms with van der Waals surface area (Å²) < 4.78 is 30.6. The molecule has 0 bridgehead atoms. The van der Waals surface area contributed by atoms with Crippen molar-refractivity contribution >= 4 is 26.8 Å². The summed E-state index contributed by atoms with van der Waals surface area (Å²) in [4.78, 5) is 12.8. The summed E-state index contributed by atoms with van der Waals surface area (Å²) in [5.41, 5.74) is 4.22. The van der Waals surface area contributed by atoms with Crippen molar-refractivity contribution in [2.75, 3.05) is 11.5 Å². The Balaban J connectivity index is 1.66. The van der Waals surface area contributed by atoms with E-state index >= 15 is 0 Å². The lowest BCUT2D eigenvalue weighted by molar-refractivity contribution is 0.0932. The van der Waals surface area contributed by atoms with Crippen LogP contribution < -0.4 is 5.32 Å². The average molecular weight is 372 g/mol. The molecule has 2 aromatic heterocycles. The number of hydrogen-bond acceptors (Lipinski definition) is 4. The monoisotopic (exact) mass is 372 g/mol. The Kier molecular flexibility index (Phi) is 4.11. The Hall–Kier alpha value is -2.54. The summed E-state index contributed by atoms with van der Waals surface area (Å²) in [6.07, 6.45) is 2.06. The molecule has 1 aliphatic heterocycles. The van der Waals surface area contributed by atoms with Gasteiger partial charge >= 0.3 is 0 Å². The van der Waals surface area contributed by atoms with Gasteiger partial charge in [-0.25, -0.2) is 8.42 Å². The molecule has 1 saturated heterocycles. The van der Waals surface area contributed by atoms with Crippen molar-refractivity contribution in [3.8, 4) is 0 Å². The molecule has 1 amide bonds. The zero-order valence-electron chi connectivity index (χ0n) is 14.4. The lowest BCUT2D eigenvalue weighted by Gasteiger charge is -2.14. The molecule has 0 radical (unpaired) electrons. The maximum atomic E-state index is 12.8. The Bertz CT molecular complexity index is 1080. The first-order chi connectivity index (χ1) is 12.4. The number of furan rings is 1. The number of aryl methyl sites for hydroxylation is 1. The minimum atomic E-state index is -3.04. The van der Waals surface area contributed by atoms with E-state index in [4.69, 9.17) is 4.42 Å². The molecule has 0 aliphatic carbocycles. The number of amides is 1. The van der Waals surface area contributed by atoms with Gasteiger partial charge in [0.2, 0.25) is 0 Å². The highest BCUT2D eigenvalue weighted by molar-refractivity contribution is 7.91. The van der Waals surface area contributed by atoms with E-state index in [0.29, 0.717) is 24.2 Å². The van der Waals surface area contributed by atoms with Crippen molar-refractivity contribution in [3.63, 3.8) is 0 Å². The Morgan fingerprint density at radius 3 is 2.85 bits per heavy atom. The minimum Gasteiger partial charge on any atom is -0.463 e. The molecule has 1 aromatic carbocycles. The summed E-state index contributed by atoms with van der Waals surface area (Å²) in [6, 6.07) is 11.2. The van der Waals surface area contributed by atoms with Gasteiger partial charge in [0.1, 0.15) is 5.69 Å². The standard InChI is InChI=1S/C19H20N2O4S/c1-13-4-2-3-5-14(13)11-21-16-6-8-25-18(16)10-17(21)19(22)20-15-7-9-26(23,24)12-15/h2-6,8,10,15H,7,9,11-12H2,1H3,(H,20,22).